The van der Waals surface area contributed by atoms with Gasteiger partial charge in [0.25, 0.3) is 0 Å². The summed E-state index contributed by atoms with van der Waals surface area (Å²) in [5, 5.41) is 9.69. The Hall–Kier alpha value is -3.24. The molecule has 0 spiro atoms. The minimum absolute atomic E-state index is 0.0119. The van der Waals surface area contributed by atoms with E-state index in [4.69, 9.17) is 4.74 Å². The van der Waals surface area contributed by atoms with Crippen LogP contribution in [0.25, 0.3) is 22.3 Å². The predicted octanol–water partition coefficient (Wildman–Crippen LogP) is 9.13. The number of hydrogen-bond donors (Lipinski definition) is 1. The first-order valence-electron chi connectivity index (χ1n) is 14.3. The summed E-state index contributed by atoms with van der Waals surface area (Å²) in [7, 11) is 0. The van der Waals surface area contributed by atoms with Gasteiger partial charge in [0.2, 0.25) is 0 Å². The number of carbonyl (C=O) groups is 1. The molecule has 0 radical (unpaired) electrons. The quantitative estimate of drug-likeness (QED) is 0.153. The highest BCUT2D eigenvalue weighted by Gasteiger charge is 2.22. The van der Waals surface area contributed by atoms with Crippen LogP contribution < -0.4 is 0 Å². The van der Waals surface area contributed by atoms with Crippen LogP contribution in [0.3, 0.4) is 0 Å². The summed E-state index contributed by atoms with van der Waals surface area (Å²) in [6.07, 6.45) is 10.6. The average Bonchev–Trinajstić information content (AvgIpc) is 2.96. The number of hydrogen-bond acceptors (Lipinski definition) is 3. The molecule has 0 amide bonds. The van der Waals surface area contributed by atoms with E-state index < -0.39 is 5.97 Å². The van der Waals surface area contributed by atoms with E-state index in [-0.39, 0.29) is 19.0 Å². The molecule has 0 aliphatic heterocycles. The summed E-state index contributed by atoms with van der Waals surface area (Å²) < 4.78 is 20.6. The van der Waals surface area contributed by atoms with Crippen molar-refractivity contribution in [2.45, 2.75) is 84.3 Å². The van der Waals surface area contributed by atoms with Gasteiger partial charge in [-0.25, -0.2) is 9.18 Å². The molecule has 1 saturated carbocycles. The fraction of sp³-hybridized carbons (Fsp3) is 0.400. The molecule has 206 valence electrons. The molecule has 4 rings (SSSR count). The normalized spacial score (nSPS) is 17.1. The van der Waals surface area contributed by atoms with E-state index in [2.05, 4.69) is 37.8 Å². The summed E-state index contributed by atoms with van der Waals surface area (Å²) >= 11 is 0. The maximum Gasteiger partial charge on any atom is 0.333 e. The molecule has 0 heterocycles. The van der Waals surface area contributed by atoms with Crippen LogP contribution in [0.2, 0.25) is 0 Å². The molecule has 0 saturated heterocycles. The minimum Gasteiger partial charge on any atom is -0.457 e. The first kappa shape index (κ1) is 28.8. The molecule has 4 heteroatoms. The van der Waals surface area contributed by atoms with Crippen molar-refractivity contribution in [3.63, 3.8) is 0 Å². The molecule has 0 bridgehead atoms. The number of aliphatic hydroxyl groups excluding tert-OH is 1. The fourth-order valence-electron chi connectivity index (χ4n) is 5.69. The molecule has 0 aromatic heterocycles. The number of aliphatic hydroxyl groups is 1. The molecular weight excluding hydrogens is 487 g/mol. The van der Waals surface area contributed by atoms with Gasteiger partial charge in [-0.2, -0.15) is 0 Å². The summed E-state index contributed by atoms with van der Waals surface area (Å²) in [6, 6.07) is 19.2. The van der Waals surface area contributed by atoms with E-state index in [0.29, 0.717) is 33.7 Å². The molecule has 1 aliphatic rings. The van der Waals surface area contributed by atoms with Crippen molar-refractivity contribution in [2.24, 2.45) is 5.92 Å². The highest BCUT2D eigenvalue weighted by molar-refractivity contribution is 5.87. The van der Waals surface area contributed by atoms with Crippen molar-refractivity contribution in [3.05, 3.63) is 95.3 Å². The first-order chi connectivity index (χ1) is 18.9. The monoisotopic (exact) mass is 528 g/mol. The van der Waals surface area contributed by atoms with E-state index in [1.807, 2.05) is 6.07 Å². The molecule has 3 aromatic carbocycles. The van der Waals surface area contributed by atoms with Gasteiger partial charge in [-0.3, -0.25) is 0 Å². The lowest BCUT2D eigenvalue weighted by Gasteiger charge is -2.29. The summed E-state index contributed by atoms with van der Waals surface area (Å²) in [5.41, 5.74) is 5.93. The van der Waals surface area contributed by atoms with Crippen LogP contribution in [0.4, 0.5) is 4.39 Å². The molecule has 1 aliphatic carbocycles. The lowest BCUT2D eigenvalue weighted by Crippen LogP contribution is -2.13. The van der Waals surface area contributed by atoms with Crippen LogP contribution in [-0.4, -0.2) is 11.1 Å². The minimum atomic E-state index is -0.499. The first-order valence-corrected chi connectivity index (χ1v) is 14.3. The topological polar surface area (TPSA) is 46.5 Å². The van der Waals surface area contributed by atoms with E-state index in [1.54, 1.807) is 37.3 Å². The Labute approximate surface area is 232 Å². The number of rotatable bonds is 11. The van der Waals surface area contributed by atoms with Crippen molar-refractivity contribution in [1.29, 1.82) is 0 Å². The second-order valence-electron chi connectivity index (χ2n) is 11.0. The van der Waals surface area contributed by atoms with E-state index in [0.717, 1.165) is 17.0 Å². The standard InChI is InChI=1S/C35H41FO3/c1-4-5-6-7-25-8-10-26(11-9-25)27-12-14-28(15-13-27)29-18-19-33(34(36)21-29)30-16-17-31(22-37)32(20-30)23-39-35(38)24(2)3/h12-21,25-26,37H,2,4-11,22-23H2,1,3H3. The Balaban J connectivity index is 1.44. The van der Waals surface area contributed by atoms with Gasteiger partial charge in [0, 0.05) is 11.1 Å². The van der Waals surface area contributed by atoms with Gasteiger partial charge in [0.05, 0.1) is 6.61 Å². The smallest absolute Gasteiger partial charge is 0.333 e. The van der Waals surface area contributed by atoms with Gasteiger partial charge in [-0.05, 0) is 90.0 Å². The van der Waals surface area contributed by atoms with Crippen LogP contribution >= 0.6 is 0 Å². The van der Waals surface area contributed by atoms with Crippen LogP contribution in [0.15, 0.2) is 72.8 Å². The van der Waals surface area contributed by atoms with Crippen LogP contribution in [0.5, 0.6) is 0 Å². The molecule has 1 fully saturated rings. The van der Waals surface area contributed by atoms with Gasteiger partial charge in [0.1, 0.15) is 12.4 Å². The molecule has 1 N–H and O–H groups in total. The maximum atomic E-state index is 15.3. The summed E-state index contributed by atoms with van der Waals surface area (Å²) in [4.78, 5) is 11.8. The Morgan fingerprint density at radius 1 is 0.923 bits per heavy atom. The van der Waals surface area contributed by atoms with Crippen molar-refractivity contribution in [1.82, 2.24) is 0 Å². The fourth-order valence-corrected chi connectivity index (χ4v) is 5.69. The van der Waals surface area contributed by atoms with Crippen molar-refractivity contribution in [2.75, 3.05) is 0 Å². The lowest BCUT2D eigenvalue weighted by molar-refractivity contribution is -0.140. The molecule has 0 unspecified atom stereocenters. The number of carbonyl (C=O) groups excluding carboxylic acids is 1. The third-order valence-electron chi connectivity index (χ3n) is 8.14. The highest BCUT2D eigenvalue weighted by atomic mass is 19.1. The van der Waals surface area contributed by atoms with E-state index in [9.17, 15) is 9.90 Å². The number of halogens is 1. The van der Waals surface area contributed by atoms with Crippen molar-refractivity contribution >= 4 is 5.97 Å². The van der Waals surface area contributed by atoms with Crippen LogP contribution in [-0.2, 0) is 22.7 Å². The van der Waals surface area contributed by atoms with Crippen LogP contribution in [0, 0.1) is 11.7 Å². The van der Waals surface area contributed by atoms with Gasteiger partial charge >= 0.3 is 5.97 Å². The third-order valence-corrected chi connectivity index (χ3v) is 8.14. The Kier molecular flexibility index (Phi) is 10.1. The Morgan fingerprint density at radius 2 is 1.62 bits per heavy atom. The van der Waals surface area contributed by atoms with Gasteiger partial charge in [-0.15, -0.1) is 0 Å². The molecular formula is C35H41FO3. The Bertz CT molecular complexity index is 1270. The van der Waals surface area contributed by atoms with Gasteiger partial charge in [-0.1, -0.05) is 87.7 Å². The second kappa shape index (κ2) is 13.7. The lowest BCUT2D eigenvalue weighted by atomic mass is 9.77. The maximum absolute atomic E-state index is 15.3. The number of esters is 1. The molecule has 3 nitrogen and oxygen atoms in total. The van der Waals surface area contributed by atoms with E-state index in [1.165, 1.54) is 56.9 Å². The van der Waals surface area contributed by atoms with Gasteiger partial charge in [0.15, 0.2) is 0 Å². The van der Waals surface area contributed by atoms with Crippen LogP contribution in [0.1, 0.15) is 87.8 Å². The zero-order valence-electron chi connectivity index (χ0n) is 23.3. The van der Waals surface area contributed by atoms with Crippen molar-refractivity contribution < 1.29 is 19.0 Å². The largest absolute Gasteiger partial charge is 0.457 e. The van der Waals surface area contributed by atoms with Crippen molar-refractivity contribution in [3.8, 4) is 22.3 Å². The number of unbranched alkanes of at least 4 members (excludes halogenated alkanes) is 2. The molecule has 39 heavy (non-hydrogen) atoms. The summed E-state index contributed by atoms with van der Waals surface area (Å²) in [6.45, 7) is 7.23. The van der Waals surface area contributed by atoms with E-state index >= 15 is 4.39 Å². The predicted molar refractivity (Wildman–Crippen MR) is 157 cm³/mol. The molecule has 0 atom stereocenters. The van der Waals surface area contributed by atoms with Gasteiger partial charge < -0.3 is 9.84 Å². The number of benzene rings is 3. The zero-order chi connectivity index (χ0) is 27.8. The third kappa shape index (κ3) is 7.45. The number of ether oxygens (including phenoxy) is 1. The molecule has 3 aromatic rings. The zero-order valence-corrected chi connectivity index (χ0v) is 23.3. The summed E-state index contributed by atoms with van der Waals surface area (Å²) in [5.74, 6) is 0.711. The Morgan fingerprint density at radius 3 is 2.26 bits per heavy atom. The SMILES string of the molecule is C=C(C)C(=O)OCc1cc(-c2ccc(-c3ccc(C4CCC(CCCCC)CC4)cc3)cc2F)ccc1CO. The highest BCUT2D eigenvalue weighted by Crippen LogP contribution is 2.38. The second-order valence-corrected chi connectivity index (χ2v) is 11.0. The average molecular weight is 529 g/mol.